The molecule has 2 N–H and O–H groups in total. The predicted molar refractivity (Wildman–Crippen MR) is 67.3 cm³/mol. The van der Waals surface area contributed by atoms with Crippen LogP contribution in [0.2, 0.25) is 0 Å². The smallest absolute Gasteiger partial charge is 0.226 e. The lowest BCUT2D eigenvalue weighted by atomic mass is 9.78. The van der Waals surface area contributed by atoms with Gasteiger partial charge in [0.25, 0.3) is 0 Å². The van der Waals surface area contributed by atoms with Crippen molar-refractivity contribution in [1.29, 1.82) is 0 Å². The van der Waals surface area contributed by atoms with Crippen molar-refractivity contribution in [3.8, 4) is 0 Å². The van der Waals surface area contributed by atoms with Gasteiger partial charge in [-0.1, -0.05) is 20.3 Å². The first-order valence-electron chi connectivity index (χ1n) is 7.07. The van der Waals surface area contributed by atoms with E-state index in [9.17, 15) is 4.79 Å². The van der Waals surface area contributed by atoms with Crippen LogP contribution in [0.25, 0.3) is 0 Å². The second kappa shape index (κ2) is 3.71. The Bertz CT molecular complexity index is 333. The first kappa shape index (κ1) is 11.5. The molecule has 0 spiro atoms. The van der Waals surface area contributed by atoms with Gasteiger partial charge in [0.15, 0.2) is 0 Å². The van der Waals surface area contributed by atoms with E-state index >= 15 is 0 Å². The Labute approximate surface area is 104 Å². The van der Waals surface area contributed by atoms with Gasteiger partial charge >= 0.3 is 0 Å². The van der Waals surface area contributed by atoms with Crippen molar-refractivity contribution >= 4 is 5.91 Å². The summed E-state index contributed by atoms with van der Waals surface area (Å²) in [4.78, 5) is 14.4. The summed E-state index contributed by atoms with van der Waals surface area (Å²) in [5.41, 5.74) is 6.14. The van der Waals surface area contributed by atoms with Gasteiger partial charge in [-0.2, -0.15) is 0 Å². The second-order valence-corrected chi connectivity index (χ2v) is 6.86. The fraction of sp³-hybridized carbons (Fsp3) is 0.929. The summed E-state index contributed by atoms with van der Waals surface area (Å²) in [5.74, 6) is 2.75. The monoisotopic (exact) mass is 236 g/mol. The fourth-order valence-corrected chi connectivity index (χ4v) is 3.97. The third-order valence-electron chi connectivity index (χ3n) is 5.49. The predicted octanol–water partition coefficient (Wildman–Crippen LogP) is 1.62. The summed E-state index contributed by atoms with van der Waals surface area (Å²) < 4.78 is 0. The minimum Gasteiger partial charge on any atom is -0.339 e. The number of carbonyl (C=O) groups excluding carboxylic acids is 1. The van der Waals surface area contributed by atoms with Gasteiger partial charge < -0.3 is 10.6 Å². The van der Waals surface area contributed by atoms with Gasteiger partial charge in [0, 0.05) is 19.0 Å². The fourth-order valence-electron chi connectivity index (χ4n) is 3.97. The number of likely N-dealkylation sites (tertiary alicyclic amines) is 1. The van der Waals surface area contributed by atoms with Gasteiger partial charge in [-0.25, -0.2) is 0 Å². The van der Waals surface area contributed by atoms with Crippen LogP contribution in [0.15, 0.2) is 0 Å². The third-order valence-corrected chi connectivity index (χ3v) is 5.49. The SMILES string of the molecule is CC(C)C1(N)CN(C(=O)C2CC3CCC2C3)C1. The molecule has 1 amide bonds. The van der Waals surface area contributed by atoms with E-state index in [0.717, 1.165) is 25.4 Å². The zero-order chi connectivity index (χ0) is 12.2. The Hall–Kier alpha value is -0.570. The van der Waals surface area contributed by atoms with Crippen molar-refractivity contribution in [3.63, 3.8) is 0 Å². The van der Waals surface area contributed by atoms with Gasteiger partial charge in [-0.3, -0.25) is 4.79 Å². The quantitative estimate of drug-likeness (QED) is 0.792. The van der Waals surface area contributed by atoms with E-state index in [2.05, 4.69) is 13.8 Å². The van der Waals surface area contributed by atoms with E-state index in [4.69, 9.17) is 5.73 Å². The first-order valence-corrected chi connectivity index (χ1v) is 7.07. The van der Waals surface area contributed by atoms with E-state index in [1.165, 1.54) is 19.3 Å². The van der Waals surface area contributed by atoms with Crippen LogP contribution >= 0.6 is 0 Å². The van der Waals surface area contributed by atoms with E-state index in [1.54, 1.807) is 0 Å². The Morgan fingerprint density at radius 3 is 2.47 bits per heavy atom. The molecule has 17 heavy (non-hydrogen) atoms. The highest BCUT2D eigenvalue weighted by molar-refractivity contribution is 5.81. The van der Waals surface area contributed by atoms with Crippen molar-refractivity contribution in [3.05, 3.63) is 0 Å². The Balaban J connectivity index is 1.59. The summed E-state index contributed by atoms with van der Waals surface area (Å²) in [5, 5.41) is 0. The molecule has 96 valence electrons. The van der Waals surface area contributed by atoms with Crippen LogP contribution in [-0.4, -0.2) is 29.4 Å². The summed E-state index contributed by atoms with van der Waals surface area (Å²) in [6, 6.07) is 0. The van der Waals surface area contributed by atoms with Crippen molar-refractivity contribution < 1.29 is 4.79 Å². The molecule has 0 aromatic rings. The molecule has 3 unspecified atom stereocenters. The molecule has 3 fully saturated rings. The van der Waals surface area contributed by atoms with Crippen LogP contribution in [-0.2, 0) is 4.79 Å². The third kappa shape index (κ3) is 1.70. The normalized spacial score (nSPS) is 38.6. The summed E-state index contributed by atoms with van der Waals surface area (Å²) in [6.07, 6.45) is 5.11. The minimum atomic E-state index is -0.118. The van der Waals surface area contributed by atoms with Gasteiger partial charge in [-0.15, -0.1) is 0 Å². The average Bonchev–Trinajstić information content (AvgIpc) is 2.84. The molecule has 2 bridgehead atoms. The van der Waals surface area contributed by atoms with Crippen molar-refractivity contribution in [2.75, 3.05) is 13.1 Å². The van der Waals surface area contributed by atoms with Crippen molar-refractivity contribution in [1.82, 2.24) is 4.90 Å². The summed E-state index contributed by atoms with van der Waals surface area (Å²) >= 11 is 0. The molecule has 3 heteroatoms. The lowest BCUT2D eigenvalue weighted by Crippen LogP contribution is -2.71. The number of hydrogen-bond donors (Lipinski definition) is 1. The molecule has 0 aromatic heterocycles. The maximum absolute atomic E-state index is 12.4. The van der Waals surface area contributed by atoms with Crippen LogP contribution in [0, 0.1) is 23.7 Å². The van der Waals surface area contributed by atoms with E-state index < -0.39 is 0 Å². The van der Waals surface area contributed by atoms with E-state index in [-0.39, 0.29) is 5.54 Å². The van der Waals surface area contributed by atoms with Crippen LogP contribution in [0.3, 0.4) is 0 Å². The molecule has 3 nitrogen and oxygen atoms in total. The molecule has 1 aliphatic heterocycles. The van der Waals surface area contributed by atoms with Crippen molar-refractivity contribution in [2.24, 2.45) is 29.4 Å². The Morgan fingerprint density at radius 2 is 2.00 bits per heavy atom. The molecule has 2 aliphatic carbocycles. The van der Waals surface area contributed by atoms with Crippen LogP contribution in [0.1, 0.15) is 39.5 Å². The maximum atomic E-state index is 12.4. The molecular formula is C14H24N2O. The molecule has 1 saturated heterocycles. The highest BCUT2D eigenvalue weighted by atomic mass is 16.2. The molecule has 3 rings (SSSR count). The highest BCUT2D eigenvalue weighted by Gasteiger charge is 2.50. The summed E-state index contributed by atoms with van der Waals surface area (Å²) in [7, 11) is 0. The standard InChI is InChI=1S/C14H24N2O/c1-9(2)14(15)7-16(8-14)13(17)12-6-10-3-4-11(12)5-10/h9-12H,3-8,15H2,1-2H3. The van der Waals surface area contributed by atoms with Crippen LogP contribution in [0.4, 0.5) is 0 Å². The average molecular weight is 236 g/mol. The second-order valence-electron chi connectivity index (χ2n) is 6.86. The number of nitrogens with zero attached hydrogens (tertiary/aromatic N) is 1. The van der Waals surface area contributed by atoms with Gasteiger partial charge in [0.05, 0.1) is 5.54 Å². The topological polar surface area (TPSA) is 46.3 Å². The lowest BCUT2D eigenvalue weighted by Gasteiger charge is -2.51. The highest BCUT2D eigenvalue weighted by Crippen LogP contribution is 2.49. The van der Waals surface area contributed by atoms with E-state index in [1.807, 2.05) is 4.90 Å². The number of carbonyl (C=O) groups is 1. The maximum Gasteiger partial charge on any atom is 0.226 e. The van der Waals surface area contributed by atoms with Crippen LogP contribution < -0.4 is 5.73 Å². The van der Waals surface area contributed by atoms with Crippen molar-refractivity contribution in [2.45, 2.75) is 45.1 Å². The summed E-state index contributed by atoms with van der Waals surface area (Å²) in [6.45, 7) is 5.85. The molecule has 0 radical (unpaired) electrons. The van der Waals surface area contributed by atoms with Gasteiger partial charge in [-0.05, 0) is 37.0 Å². The van der Waals surface area contributed by atoms with Gasteiger partial charge in [0.2, 0.25) is 5.91 Å². The minimum absolute atomic E-state index is 0.118. The largest absolute Gasteiger partial charge is 0.339 e. The molecular weight excluding hydrogens is 212 g/mol. The number of fused-ring (bicyclic) bond motifs is 2. The first-order chi connectivity index (χ1) is 7.99. The zero-order valence-electron chi connectivity index (χ0n) is 11.0. The Kier molecular flexibility index (Phi) is 2.51. The van der Waals surface area contributed by atoms with Gasteiger partial charge in [0.1, 0.15) is 0 Å². The molecule has 3 aliphatic rings. The number of hydrogen-bond acceptors (Lipinski definition) is 2. The zero-order valence-corrected chi connectivity index (χ0v) is 11.0. The molecule has 3 atom stereocenters. The van der Waals surface area contributed by atoms with Crippen LogP contribution in [0.5, 0.6) is 0 Å². The Morgan fingerprint density at radius 1 is 1.29 bits per heavy atom. The number of amides is 1. The molecule has 0 aromatic carbocycles. The molecule has 2 saturated carbocycles. The number of nitrogens with two attached hydrogens (primary N) is 1. The number of rotatable bonds is 2. The molecule has 1 heterocycles. The lowest BCUT2D eigenvalue weighted by molar-refractivity contribution is -0.146. The van der Waals surface area contributed by atoms with E-state index in [0.29, 0.717) is 23.7 Å².